The third kappa shape index (κ3) is 5.64. The van der Waals surface area contributed by atoms with Crippen LogP contribution in [0.1, 0.15) is 71.8 Å². The summed E-state index contributed by atoms with van der Waals surface area (Å²) in [5.41, 5.74) is -1.35. The van der Waals surface area contributed by atoms with E-state index in [0.717, 1.165) is 38.8 Å². The molecule has 0 amide bonds. The predicted octanol–water partition coefficient (Wildman–Crippen LogP) is 7.77. The minimum atomic E-state index is -1.01. The first-order valence-electron chi connectivity index (χ1n) is 17.4. The molecule has 3 aliphatic rings. The SMILES string of the molecule is CCc1c(F)ccc2cc(O)cc(-c3c(F)cc4c(N5CCC[C@@](C)(O)C5)nc(OCC56CC(CC)CN5CC(CC)C6)nc4c3F)c12. The van der Waals surface area contributed by atoms with E-state index in [0.29, 0.717) is 60.0 Å². The van der Waals surface area contributed by atoms with Gasteiger partial charge in [0.15, 0.2) is 5.82 Å². The van der Waals surface area contributed by atoms with Crippen LogP contribution in [0.25, 0.3) is 32.8 Å². The Bertz CT molecular complexity index is 1870. The molecule has 256 valence electrons. The van der Waals surface area contributed by atoms with Gasteiger partial charge in [-0.2, -0.15) is 9.97 Å². The number of fused-ring (bicyclic) bond motifs is 3. The predicted molar refractivity (Wildman–Crippen MR) is 182 cm³/mol. The zero-order valence-corrected chi connectivity index (χ0v) is 28.3. The Morgan fingerprint density at radius 3 is 2.38 bits per heavy atom. The zero-order valence-electron chi connectivity index (χ0n) is 28.3. The van der Waals surface area contributed by atoms with Crippen molar-refractivity contribution in [1.82, 2.24) is 14.9 Å². The standard InChI is InChI=1S/C38H45F3N4O3/c1-5-22-16-38(17-23(6-2)19-45(38)18-22)21-48-36-42-34-28(35(43-36)44-12-8-11-37(4,47)20-44)15-30(40)32(33(34)41)27-14-25(46)13-24-9-10-29(39)26(7-3)31(24)27/h9-10,13-15,22-23,46-47H,5-8,11-12,16-21H2,1-4H3/t22?,23?,37-,38?/m1/s1. The highest BCUT2D eigenvalue weighted by Crippen LogP contribution is 2.46. The Morgan fingerprint density at radius 2 is 1.71 bits per heavy atom. The summed E-state index contributed by atoms with van der Waals surface area (Å²) in [6, 6.07) is 6.74. The van der Waals surface area contributed by atoms with Gasteiger partial charge in [-0.25, -0.2) is 13.2 Å². The number of halogens is 3. The molecule has 0 spiro atoms. The second kappa shape index (κ2) is 12.4. The molecule has 2 N–H and O–H groups in total. The third-order valence-electron chi connectivity index (χ3n) is 11.2. The first-order valence-corrected chi connectivity index (χ1v) is 17.4. The highest BCUT2D eigenvalue weighted by Gasteiger charge is 2.51. The molecule has 10 heteroatoms. The van der Waals surface area contributed by atoms with Crippen LogP contribution < -0.4 is 9.64 Å². The number of aryl methyl sites for hydroxylation is 1. The van der Waals surface area contributed by atoms with Crippen LogP contribution in [0.5, 0.6) is 11.8 Å². The van der Waals surface area contributed by atoms with Crippen molar-refractivity contribution < 1.29 is 28.1 Å². The first-order chi connectivity index (χ1) is 23.0. The third-order valence-corrected chi connectivity index (χ3v) is 11.2. The monoisotopic (exact) mass is 662 g/mol. The Labute approximate surface area is 279 Å². The summed E-state index contributed by atoms with van der Waals surface area (Å²) >= 11 is 0. The van der Waals surface area contributed by atoms with Gasteiger partial charge in [0.1, 0.15) is 35.3 Å². The fourth-order valence-electron chi connectivity index (χ4n) is 8.74. The highest BCUT2D eigenvalue weighted by molar-refractivity contribution is 6.03. The number of piperidine rings is 1. The molecule has 7 rings (SSSR count). The molecule has 0 aliphatic carbocycles. The number of benzene rings is 3. The molecular weight excluding hydrogens is 617 g/mol. The summed E-state index contributed by atoms with van der Waals surface area (Å²) in [6.45, 7) is 11.1. The van der Waals surface area contributed by atoms with Crippen LogP contribution in [0.4, 0.5) is 19.0 Å². The van der Waals surface area contributed by atoms with Crippen LogP contribution in [0.2, 0.25) is 0 Å². The summed E-state index contributed by atoms with van der Waals surface area (Å²) in [7, 11) is 0. The maximum Gasteiger partial charge on any atom is 0.319 e. The molecule has 0 bridgehead atoms. The van der Waals surface area contributed by atoms with Crippen molar-refractivity contribution in [2.75, 3.05) is 37.7 Å². The van der Waals surface area contributed by atoms with Gasteiger partial charge in [0.25, 0.3) is 0 Å². The molecule has 3 aliphatic heterocycles. The molecule has 2 unspecified atom stereocenters. The van der Waals surface area contributed by atoms with Crippen LogP contribution in [-0.4, -0.2) is 69.0 Å². The van der Waals surface area contributed by atoms with Crippen molar-refractivity contribution in [3.63, 3.8) is 0 Å². The van der Waals surface area contributed by atoms with Crippen molar-refractivity contribution in [2.45, 2.75) is 83.8 Å². The average Bonchev–Trinajstić information content (AvgIpc) is 3.57. The van der Waals surface area contributed by atoms with Gasteiger partial charge in [-0.3, -0.25) is 4.90 Å². The number of aromatic hydroxyl groups is 1. The quantitative estimate of drug-likeness (QED) is 0.200. The number of ether oxygens (including phenoxy) is 1. The Kier molecular flexibility index (Phi) is 8.47. The number of aromatic nitrogens is 2. The molecule has 3 fully saturated rings. The van der Waals surface area contributed by atoms with Crippen LogP contribution >= 0.6 is 0 Å². The van der Waals surface area contributed by atoms with Gasteiger partial charge in [0.2, 0.25) is 0 Å². The molecule has 3 aromatic carbocycles. The lowest BCUT2D eigenvalue weighted by Gasteiger charge is -2.38. The van der Waals surface area contributed by atoms with Crippen molar-refractivity contribution in [2.24, 2.45) is 11.8 Å². The summed E-state index contributed by atoms with van der Waals surface area (Å²) in [5, 5.41) is 22.5. The fraction of sp³-hybridized carbons (Fsp3) is 0.526. The maximum absolute atomic E-state index is 17.0. The molecule has 3 atom stereocenters. The summed E-state index contributed by atoms with van der Waals surface area (Å²) in [4.78, 5) is 13.8. The van der Waals surface area contributed by atoms with E-state index in [1.807, 2.05) is 4.90 Å². The van der Waals surface area contributed by atoms with Gasteiger partial charge >= 0.3 is 6.01 Å². The van der Waals surface area contributed by atoms with Crippen LogP contribution in [-0.2, 0) is 6.42 Å². The van der Waals surface area contributed by atoms with E-state index >= 15 is 13.2 Å². The summed E-state index contributed by atoms with van der Waals surface area (Å²) in [6.07, 6.45) is 5.76. The largest absolute Gasteiger partial charge is 0.508 e. The van der Waals surface area contributed by atoms with Gasteiger partial charge in [-0.05, 0) is 97.0 Å². The van der Waals surface area contributed by atoms with Crippen molar-refractivity contribution in [1.29, 1.82) is 0 Å². The second-order valence-corrected chi connectivity index (χ2v) is 14.6. The van der Waals surface area contributed by atoms with E-state index < -0.39 is 28.6 Å². The molecule has 0 saturated carbocycles. The lowest BCUT2D eigenvalue weighted by molar-refractivity contribution is 0.0447. The number of phenolic OH excluding ortho intramolecular Hbond substituents is 1. The minimum Gasteiger partial charge on any atom is -0.508 e. The molecular formula is C38H45F3N4O3. The summed E-state index contributed by atoms with van der Waals surface area (Å²) < 4.78 is 54.8. The number of nitrogens with zero attached hydrogens (tertiary/aromatic N) is 4. The minimum absolute atomic E-state index is 0.00513. The topological polar surface area (TPSA) is 82.0 Å². The number of β-amino-alcohol motifs (C(OH)–C–C–N with tert-alkyl or cyclic N) is 1. The van der Waals surface area contributed by atoms with Gasteiger partial charge in [0, 0.05) is 31.6 Å². The van der Waals surface area contributed by atoms with Crippen molar-refractivity contribution in [3.05, 3.63) is 53.3 Å². The number of hydrogen-bond acceptors (Lipinski definition) is 7. The van der Waals surface area contributed by atoms with E-state index in [4.69, 9.17) is 9.72 Å². The van der Waals surface area contributed by atoms with Gasteiger partial charge in [-0.1, -0.05) is 39.7 Å². The molecule has 7 nitrogen and oxygen atoms in total. The number of hydrogen-bond donors (Lipinski definition) is 2. The van der Waals surface area contributed by atoms with Crippen molar-refractivity contribution >= 4 is 27.5 Å². The number of rotatable bonds is 8. The van der Waals surface area contributed by atoms with E-state index in [9.17, 15) is 10.2 Å². The number of phenols is 1. The molecule has 4 heterocycles. The Balaban J connectivity index is 1.39. The molecule has 4 aromatic rings. The van der Waals surface area contributed by atoms with E-state index in [2.05, 4.69) is 23.7 Å². The maximum atomic E-state index is 17.0. The number of anilines is 1. The molecule has 48 heavy (non-hydrogen) atoms. The van der Waals surface area contributed by atoms with E-state index in [1.165, 1.54) is 30.3 Å². The van der Waals surface area contributed by atoms with E-state index in [-0.39, 0.29) is 46.7 Å². The highest BCUT2D eigenvalue weighted by atomic mass is 19.1. The lowest BCUT2D eigenvalue weighted by Crippen LogP contribution is -2.46. The zero-order chi connectivity index (χ0) is 34.0. The molecule has 1 aromatic heterocycles. The van der Waals surface area contributed by atoms with Gasteiger partial charge in [0.05, 0.1) is 16.7 Å². The lowest BCUT2D eigenvalue weighted by atomic mass is 9.86. The summed E-state index contributed by atoms with van der Waals surface area (Å²) in [5.74, 6) is -1.06. The second-order valence-electron chi connectivity index (χ2n) is 14.6. The van der Waals surface area contributed by atoms with Crippen LogP contribution in [0.3, 0.4) is 0 Å². The molecule has 0 radical (unpaired) electrons. The first kappa shape index (κ1) is 32.9. The van der Waals surface area contributed by atoms with E-state index in [1.54, 1.807) is 13.8 Å². The smallest absolute Gasteiger partial charge is 0.319 e. The van der Waals surface area contributed by atoms with Crippen molar-refractivity contribution in [3.8, 4) is 22.9 Å². The Morgan fingerprint density at radius 1 is 0.979 bits per heavy atom. The van der Waals surface area contributed by atoms with Gasteiger partial charge < -0.3 is 19.8 Å². The Hall–Kier alpha value is -3.63. The number of aliphatic hydroxyl groups is 1. The average molecular weight is 663 g/mol. The molecule has 3 saturated heterocycles. The van der Waals surface area contributed by atoms with Crippen LogP contribution in [0.15, 0.2) is 30.3 Å². The van der Waals surface area contributed by atoms with Crippen LogP contribution in [0, 0.1) is 29.3 Å². The normalized spacial score (nSPS) is 26.1. The van der Waals surface area contributed by atoms with Gasteiger partial charge in [-0.15, -0.1) is 0 Å². The fourth-order valence-corrected chi connectivity index (χ4v) is 8.74.